The van der Waals surface area contributed by atoms with Crippen LogP contribution >= 0.6 is 11.3 Å². The Kier molecular flexibility index (Phi) is 7.28. The lowest BCUT2D eigenvalue weighted by atomic mass is 9.65. The molecule has 58 heavy (non-hydrogen) atoms. The second-order valence-electron chi connectivity index (χ2n) is 15.0. The van der Waals surface area contributed by atoms with E-state index < -0.39 is 5.41 Å². The Morgan fingerprint density at radius 2 is 1.02 bits per heavy atom. The first-order valence-corrected chi connectivity index (χ1v) is 20.3. The molecule has 5 heteroatoms. The van der Waals surface area contributed by atoms with Crippen LogP contribution < -0.4 is 0 Å². The van der Waals surface area contributed by atoms with Gasteiger partial charge in [0.2, 0.25) is 0 Å². The summed E-state index contributed by atoms with van der Waals surface area (Å²) < 4.78 is 2.61. The number of aromatic nitrogens is 4. The van der Waals surface area contributed by atoms with E-state index in [2.05, 4.69) is 163 Å². The van der Waals surface area contributed by atoms with Crippen molar-refractivity contribution in [2.45, 2.75) is 5.41 Å². The first kappa shape index (κ1) is 32.9. The van der Waals surface area contributed by atoms with Gasteiger partial charge in [0, 0.05) is 49.3 Å². The maximum atomic E-state index is 5.24. The Morgan fingerprint density at radius 3 is 1.83 bits per heavy atom. The van der Waals surface area contributed by atoms with Crippen molar-refractivity contribution in [1.82, 2.24) is 19.9 Å². The minimum atomic E-state index is -0.602. The molecule has 2 aliphatic carbocycles. The van der Waals surface area contributed by atoms with Crippen LogP contribution in [-0.4, -0.2) is 19.9 Å². The monoisotopic (exact) mass is 756 g/mol. The van der Waals surface area contributed by atoms with E-state index in [0.717, 1.165) is 27.8 Å². The molecule has 3 aromatic heterocycles. The highest BCUT2D eigenvalue weighted by atomic mass is 32.1. The number of benzene rings is 7. The molecule has 0 fully saturated rings. The molecule has 4 nitrogen and oxygen atoms in total. The molecule has 0 saturated heterocycles. The second kappa shape index (κ2) is 12.8. The molecule has 0 saturated carbocycles. The third kappa shape index (κ3) is 4.93. The summed E-state index contributed by atoms with van der Waals surface area (Å²) in [4.78, 5) is 19.8. The highest BCUT2D eigenvalue weighted by molar-refractivity contribution is 7.25. The van der Waals surface area contributed by atoms with Crippen LogP contribution in [0.15, 0.2) is 182 Å². The van der Waals surface area contributed by atoms with Gasteiger partial charge in [-0.05, 0) is 86.0 Å². The van der Waals surface area contributed by atoms with Crippen molar-refractivity contribution >= 4 is 43.7 Å². The Hall–Kier alpha value is -7.34. The summed E-state index contributed by atoms with van der Waals surface area (Å²) in [5, 5.41) is 2.59. The quantitative estimate of drug-likeness (QED) is 0.179. The van der Waals surface area contributed by atoms with Crippen LogP contribution in [0.3, 0.4) is 0 Å². The van der Waals surface area contributed by atoms with Crippen LogP contribution in [0.2, 0.25) is 0 Å². The number of rotatable bonds is 4. The fourth-order valence-corrected chi connectivity index (χ4v) is 10.4. The molecule has 12 rings (SSSR count). The maximum Gasteiger partial charge on any atom is 0.164 e. The van der Waals surface area contributed by atoms with Crippen molar-refractivity contribution in [3.8, 4) is 56.4 Å². The van der Waals surface area contributed by atoms with Gasteiger partial charge < -0.3 is 0 Å². The van der Waals surface area contributed by atoms with Crippen molar-refractivity contribution in [1.29, 1.82) is 0 Å². The molecule has 1 atom stereocenters. The smallest absolute Gasteiger partial charge is 0.164 e. The van der Waals surface area contributed by atoms with E-state index in [9.17, 15) is 0 Å². The molecule has 0 amide bonds. The lowest BCUT2D eigenvalue weighted by molar-refractivity contribution is 0.767. The van der Waals surface area contributed by atoms with Gasteiger partial charge in [0.05, 0.1) is 5.41 Å². The fourth-order valence-electron chi connectivity index (χ4n) is 9.24. The molecule has 3 heterocycles. The molecule has 0 aliphatic heterocycles. The zero-order valence-electron chi connectivity index (χ0n) is 31.2. The standard InChI is InChI=1S/C53H32N4S/c1-2-12-36(13-3-1)50-55-51(37-25-20-33(21-26-37)39-14-10-28-54-32-39)57-52(56-50)38-27-24-35-23-22-34-11-4-7-17-44(34)53(46(35)29-38)45-18-8-5-15-40(45)42-31-49-43(30-47(42)53)41-16-6-9-19-48(41)58-49/h1-32H. The minimum Gasteiger partial charge on any atom is -0.264 e. The summed E-state index contributed by atoms with van der Waals surface area (Å²) in [7, 11) is 0. The maximum absolute atomic E-state index is 5.24. The largest absolute Gasteiger partial charge is 0.264 e. The Morgan fingerprint density at radius 1 is 0.379 bits per heavy atom. The molecular formula is C53H32N4S. The average Bonchev–Trinajstić information content (AvgIpc) is 3.75. The Balaban J connectivity index is 1.11. The van der Waals surface area contributed by atoms with Crippen molar-refractivity contribution in [3.05, 3.63) is 216 Å². The summed E-state index contributed by atoms with van der Waals surface area (Å²) >= 11 is 1.87. The molecule has 2 aliphatic rings. The summed E-state index contributed by atoms with van der Waals surface area (Å²) in [6.45, 7) is 0. The van der Waals surface area contributed by atoms with Crippen LogP contribution in [-0.2, 0) is 5.41 Å². The first-order valence-electron chi connectivity index (χ1n) is 19.5. The molecule has 0 radical (unpaired) electrons. The number of hydrogen-bond donors (Lipinski definition) is 0. The van der Waals surface area contributed by atoms with E-state index in [1.54, 1.807) is 6.20 Å². The lowest BCUT2D eigenvalue weighted by Crippen LogP contribution is -2.30. The third-order valence-corrected chi connectivity index (χ3v) is 13.0. The molecule has 0 N–H and O–H groups in total. The third-order valence-electron chi connectivity index (χ3n) is 11.9. The minimum absolute atomic E-state index is 0.602. The Bertz CT molecular complexity index is 3280. The molecule has 10 aromatic rings. The molecule has 1 unspecified atom stereocenters. The fraction of sp³-hybridized carbons (Fsp3) is 0.0189. The summed E-state index contributed by atoms with van der Waals surface area (Å²) in [5.41, 5.74) is 14.3. The van der Waals surface area contributed by atoms with Gasteiger partial charge in [-0.3, -0.25) is 4.98 Å². The van der Waals surface area contributed by atoms with E-state index in [-0.39, 0.29) is 0 Å². The molecule has 0 bridgehead atoms. The topological polar surface area (TPSA) is 51.6 Å². The molecule has 270 valence electrons. The van der Waals surface area contributed by atoms with Gasteiger partial charge in [0.1, 0.15) is 0 Å². The van der Waals surface area contributed by atoms with Gasteiger partial charge in [0.15, 0.2) is 17.5 Å². The van der Waals surface area contributed by atoms with Crippen molar-refractivity contribution in [2.24, 2.45) is 0 Å². The van der Waals surface area contributed by atoms with Crippen molar-refractivity contribution in [2.75, 3.05) is 0 Å². The number of hydrogen-bond acceptors (Lipinski definition) is 5. The Labute approximate surface area is 339 Å². The van der Waals surface area contributed by atoms with E-state index in [1.807, 2.05) is 41.8 Å². The molecule has 7 aromatic carbocycles. The molecular weight excluding hydrogens is 725 g/mol. The van der Waals surface area contributed by atoms with E-state index in [0.29, 0.717) is 17.5 Å². The predicted octanol–water partition coefficient (Wildman–Crippen LogP) is 13.1. The van der Waals surface area contributed by atoms with E-state index in [4.69, 9.17) is 15.0 Å². The first-order chi connectivity index (χ1) is 28.7. The lowest BCUT2D eigenvalue weighted by Gasteiger charge is -2.35. The molecule has 1 spiro atoms. The summed E-state index contributed by atoms with van der Waals surface area (Å²) in [6.07, 6.45) is 8.24. The number of fused-ring (bicyclic) bond motifs is 12. The normalized spacial score (nSPS) is 14.9. The van der Waals surface area contributed by atoms with Crippen molar-refractivity contribution in [3.63, 3.8) is 0 Å². The number of nitrogens with zero attached hydrogens (tertiary/aromatic N) is 4. The highest BCUT2D eigenvalue weighted by Gasteiger charge is 2.49. The van der Waals surface area contributed by atoms with E-state index >= 15 is 0 Å². The van der Waals surface area contributed by atoms with Gasteiger partial charge in [-0.1, -0.05) is 152 Å². The zero-order chi connectivity index (χ0) is 38.2. The van der Waals surface area contributed by atoms with Crippen LogP contribution in [0.4, 0.5) is 0 Å². The zero-order valence-corrected chi connectivity index (χ0v) is 32.0. The van der Waals surface area contributed by atoms with Gasteiger partial charge in [-0.15, -0.1) is 11.3 Å². The van der Waals surface area contributed by atoms with Crippen LogP contribution in [0.1, 0.15) is 33.4 Å². The second-order valence-corrected chi connectivity index (χ2v) is 16.1. The summed E-state index contributed by atoms with van der Waals surface area (Å²) in [5.74, 6) is 1.89. The van der Waals surface area contributed by atoms with Crippen LogP contribution in [0.5, 0.6) is 0 Å². The predicted molar refractivity (Wildman–Crippen MR) is 238 cm³/mol. The average molecular weight is 757 g/mol. The van der Waals surface area contributed by atoms with Gasteiger partial charge in [-0.2, -0.15) is 0 Å². The number of pyridine rings is 1. The number of thiophene rings is 1. The SMILES string of the molecule is C1=Cc2ccc(-c3nc(-c4ccccc4)nc(-c4ccc(-c5cccnc5)cc4)n3)cc2C2(c3ccccc31)c1ccccc1-c1cc3sc4ccccc4c3cc12. The van der Waals surface area contributed by atoms with E-state index in [1.165, 1.54) is 64.7 Å². The van der Waals surface area contributed by atoms with Gasteiger partial charge in [0.25, 0.3) is 0 Å². The van der Waals surface area contributed by atoms with Crippen LogP contribution in [0, 0.1) is 0 Å². The highest BCUT2D eigenvalue weighted by Crippen LogP contribution is 2.60. The van der Waals surface area contributed by atoms with Gasteiger partial charge >= 0.3 is 0 Å². The summed E-state index contributed by atoms with van der Waals surface area (Å²) in [6, 6.07) is 61.0. The van der Waals surface area contributed by atoms with Crippen molar-refractivity contribution < 1.29 is 0 Å². The van der Waals surface area contributed by atoms with Crippen LogP contribution in [0.25, 0.3) is 88.7 Å². The van der Waals surface area contributed by atoms with Gasteiger partial charge in [-0.25, -0.2) is 15.0 Å².